The molecule has 0 aliphatic carbocycles. The number of hydrogen-bond donors (Lipinski definition) is 2. The van der Waals surface area contributed by atoms with Gasteiger partial charge in [-0.2, -0.15) is 0 Å². The first kappa shape index (κ1) is 17.9. The van der Waals surface area contributed by atoms with Crippen molar-refractivity contribution in [1.82, 2.24) is 4.90 Å². The number of nitrogens with one attached hydrogen (secondary N) is 1. The normalized spacial score (nSPS) is 14.0. The Labute approximate surface area is 152 Å². The molecule has 1 heterocycles. The van der Waals surface area contributed by atoms with Crippen LogP contribution in [0.5, 0.6) is 5.75 Å². The number of β-amino-alcohol motifs (C(OH)–C–C–N with tert-alkyl or cyclic N) is 1. The van der Waals surface area contributed by atoms with E-state index in [4.69, 9.17) is 4.74 Å². The SMILES string of the molecule is O=C(Cc1ccccc1)Nc1cccc2c1OCCCN(CCO)C2=O. The number of anilines is 1. The summed E-state index contributed by atoms with van der Waals surface area (Å²) in [5, 5.41) is 12.0. The van der Waals surface area contributed by atoms with E-state index >= 15 is 0 Å². The molecule has 136 valence electrons. The molecule has 1 aliphatic rings. The van der Waals surface area contributed by atoms with Gasteiger partial charge in [-0.1, -0.05) is 36.4 Å². The van der Waals surface area contributed by atoms with E-state index in [1.165, 1.54) is 0 Å². The Balaban J connectivity index is 1.82. The van der Waals surface area contributed by atoms with Crippen molar-refractivity contribution >= 4 is 17.5 Å². The molecule has 0 atom stereocenters. The summed E-state index contributed by atoms with van der Waals surface area (Å²) in [7, 11) is 0. The van der Waals surface area contributed by atoms with E-state index in [1.807, 2.05) is 30.3 Å². The molecule has 26 heavy (non-hydrogen) atoms. The highest BCUT2D eigenvalue weighted by atomic mass is 16.5. The molecule has 0 saturated heterocycles. The lowest BCUT2D eigenvalue weighted by molar-refractivity contribution is -0.115. The first-order valence-electron chi connectivity index (χ1n) is 8.69. The third-order valence-corrected chi connectivity index (χ3v) is 4.20. The second kappa shape index (κ2) is 8.49. The number of rotatable bonds is 5. The van der Waals surface area contributed by atoms with Crippen LogP contribution in [-0.4, -0.2) is 48.1 Å². The zero-order chi connectivity index (χ0) is 18.4. The molecule has 0 saturated carbocycles. The molecule has 6 nitrogen and oxygen atoms in total. The number of benzene rings is 2. The van der Waals surface area contributed by atoms with E-state index in [0.717, 1.165) is 5.56 Å². The fourth-order valence-corrected chi connectivity index (χ4v) is 2.97. The van der Waals surface area contributed by atoms with Crippen LogP contribution >= 0.6 is 0 Å². The van der Waals surface area contributed by atoms with E-state index < -0.39 is 0 Å². The van der Waals surface area contributed by atoms with Crippen LogP contribution in [0, 0.1) is 0 Å². The molecule has 3 rings (SSSR count). The average Bonchev–Trinajstić information content (AvgIpc) is 2.64. The van der Waals surface area contributed by atoms with Crippen molar-refractivity contribution in [3.63, 3.8) is 0 Å². The summed E-state index contributed by atoms with van der Waals surface area (Å²) in [6, 6.07) is 14.6. The highest BCUT2D eigenvalue weighted by Gasteiger charge is 2.24. The van der Waals surface area contributed by atoms with Crippen molar-refractivity contribution in [2.75, 3.05) is 31.6 Å². The van der Waals surface area contributed by atoms with Gasteiger partial charge >= 0.3 is 0 Å². The van der Waals surface area contributed by atoms with Gasteiger partial charge in [-0.15, -0.1) is 0 Å². The van der Waals surface area contributed by atoms with Crippen molar-refractivity contribution in [3.8, 4) is 5.75 Å². The van der Waals surface area contributed by atoms with Crippen molar-refractivity contribution in [1.29, 1.82) is 0 Å². The van der Waals surface area contributed by atoms with E-state index in [2.05, 4.69) is 5.32 Å². The van der Waals surface area contributed by atoms with Crippen molar-refractivity contribution in [2.24, 2.45) is 0 Å². The van der Waals surface area contributed by atoms with Gasteiger partial charge in [0.1, 0.15) is 0 Å². The zero-order valence-electron chi connectivity index (χ0n) is 14.5. The van der Waals surface area contributed by atoms with E-state index in [9.17, 15) is 14.7 Å². The molecule has 2 amide bonds. The van der Waals surface area contributed by atoms with Gasteiger partial charge in [0.2, 0.25) is 5.91 Å². The van der Waals surface area contributed by atoms with Crippen LogP contribution in [0.25, 0.3) is 0 Å². The molecule has 2 aromatic rings. The maximum Gasteiger partial charge on any atom is 0.257 e. The summed E-state index contributed by atoms with van der Waals surface area (Å²) in [6.07, 6.45) is 0.909. The number of nitrogens with zero attached hydrogens (tertiary/aromatic N) is 1. The highest BCUT2D eigenvalue weighted by molar-refractivity contribution is 6.01. The van der Waals surface area contributed by atoms with Crippen LogP contribution in [0.1, 0.15) is 22.3 Å². The van der Waals surface area contributed by atoms with Crippen molar-refractivity contribution in [3.05, 3.63) is 59.7 Å². The second-order valence-electron chi connectivity index (χ2n) is 6.11. The van der Waals surface area contributed by atoms with Crippen molar-refractivity contribution in [2.45, 2.75) is 12.8 Å². The molecule has 0 unspecified atom stereocenters. The summed E-state index contributed by atoms with van der Waals surface area (Å²) in [4.78, 5) is 26.7. The number of carbonyl (C=O) groups is 2. The first-order valence-corrected chi connectivity index (χ1v) is 8.69. The van der Waals surface area contributed by atoms with E-state index in [1.54, 1.807) is 23.1 Å². The van der Waals surface area contributed by atoms with Gasteiger partial charge in [-0.3, -0.25) is 9.59 Å². The minimum absolute atomic E-state index is 0.0879. The smallest absolute Gasteiger partial charge is 0.257 e. The molecule has 6 heteroatoms. The number of hydrogen-bond acceptors (Lipinski definition) is 4. The van der Waals surface area contributed by atoms with Crippen molar-refractivity contribution < 1.29 is 19.4 Å². The molecular formula is C20H22N2O4. The van der Waals surface area contributed by atoms with Gasteiger partial charge in [0, 0.05) is 13.1 Å². The lowest BCUT2D eigenvalue weighted by atomic mass is 10.1. The Kier molecular flexibility index (Phi) is 5.86. The number of ether oxygens (including phenoxy) is 1. The molecule has 0 aromatic heterocycles. The quantitative estimate of drug-likeness (QED) is 0.862. The first-order chi connectivity index (χ1) is 12.7. The molecular weight excluding hydrogens is 332 g/mol. The topological polar surface area (TPSA) is 78.9 Å². The predicted octanol–water partition coefficient (Wildman–Crippen LogP) is 2.08. The minimum Gasteiger partial charge on any atom is -0.490 e. The fraction of sp³-hybridized carbons (Fsp3) is 0.300. The molecule has 0 bridgehead atoms. The number of carbonyl (C=O) groups excluding carboxylic acids is 2. The highest BCUT2D eigenvalue weighted by Crippen LogP contribution is 2.31. The maximum atomic E-state index is 12.7. The van der Waals surface area contributed by atoms with Gasteiger partial charge < -0.3 is 20.1 Å². The monoisotopic (exact) mass is 354 g/mol. The Morgan fingerprint density at radius 2 is 1.96 bits per heavy atom. The van der Waals surface area contributed by atoms with Gasteiger partial charge in [-0.25, -0.2) is 0 Å². The molecule has 1 aliphatic heterocycles. The molecule has 0 radical (unpaired) electrons. The number of aliphatic hydroxyl groups excluding tert-OH is 1. The minimum atomic E-state index is -0.201. The standard InChI is InChI=1S/C20H22N2O4/c23-12-11-22-10-5-13-26-19-16(20(22)25)8-4-9-17(19)21-18(24)14-15-6-2-1-3-7-15/h1-4,6-9,23H,5,10-14H2,(H,21,24). The number of aliphatic hydroxyl groups is 1. The van der Waals surface area contributed by atoms with Crippen LogP contribution in [0.4, 0.5) is 5.69 Å². The Morgan fingerprint density at radius 1 is 1.15 bits per heavy atom. The van der Waals surface area contributed by atoms with Crippen LogP contribution in [0.2, 0.25) is 0 Å². The van der Waals surface area contributed by atoms with Crippen LogP contribution in [0.15, 0.2) is 48.5 Å². The third kappa shape index (κ3) is 4.21. The predicted molar refractivity (Wildman–Crippen MR) is 98.3 cm³/mol. The second-order valence-corrected chi connectivity index (χ2v) is 6.11. The van der Waals surface area contributed by atoms with E-state index in [-0.39, 0.29) is 31.4 Å². The van der Waals surface area contributed by atoms with Gasteiger partial charge in [0.15, 0.2) is 5.75 Å². The molecule has 0 fully saturated rings. The van der Waals surface area contributed by atoms with Crippen LogP contribution < -0.4 is 10.1 Å². The van der Waals surface area contributed by atoms with Crippen LogP contribution in [-0.2, 0) is 11.2 Å². The Bertz CT molecular complexity index is 777. The summed E-state index contributed by atoms with van der Waals surface area (Å²) in [5.74, 6) is 0.0179. The van der Waals surface area contributed by atoms with Gasteiger partial charge in [0.05, 0.1) is 30.9 Å². The lowest BCUT2D eigenvalue weighted by Crippen LogP contribution is -2.36. The molecule has 2 aromatic carbocycles. The van der Waals surface area contributed by atoms with Gasteiger partial charge in [-0.05, 0) is 24.1 Å². The fourth-order valence-electron chi connectivity index (χ4n) is 2.97. The number of amides is 2. The maximum absolute atomic E-state index is 12.7. The number of para-hydroxylation sites is 1. The zero-order valence-corrected chi connectivity index (χ0v) is 14.5. The summed E-state index contributed by atoms with van der Waals surface area (Å²) < 4.78 is 5.78. The number of fused-ring (bicyclic) bond motifs is 1. The summed E-state index contributed by atoms with van der Waals surface area (Å²) in [6.45, 7) is 1.16. The Hall–Kier alpha value is -2.86. The Morgan fingerprint density at radius 3 is 2.73 bits per heavy atom. The lowest BCUT2D eigenvalue weighted by Gasteiger charge is -2.26. The van der Waals surface area contributed by atoms with Gasteiger partial charge in [0.25, 0.3) is 5.91 Å². The average molecular weight is 354 g/mol. The molecule has 2 N–H and O–H groups in total. The largest absolute Gasteiger partial charge is 0.490 e. The van der Waals surface area contributed by atoms with E-state index in [0.29, 0.717) is 36.6 Å². The summed E-state index contributed by atoms with van der Waals surface area (Å²) >= 11 is 0. The summed E-state index contributed by atoms with van der Waals surface area (Å²) in [5.41, 5.74) is 1.80. The third-order valence-electron chi connectivity index (χ3n) is 4.20. The molecule has 0 spiro atoms. The van der Waals surface area contributed by atoms with Crippen LogP contribution in [0.3, 0.4) is 0 Å².